The monoisotopic (exact) mass is 343 g/mol. The summed E-state index contributed by atoms with van der Waals surface area (Å²) >= 11 is 1.46. The second kappa shape index (κ2) is 5.82. The first kappa shape index (κ1) is 15.0. The second-order valence-electron chi connectivity index (χ2n) is 5.95. The highest BCUT2D eigenvalue weighted by molar-refractivity contribution is 7.13. The third-order valence-corrected chi connectivity index (χ3v) is 5.24. The van der Waals surface area contributed by atoms with Gasteiger partial charge < -0.3 is 15.6 Å². The Bertz CT molecular complexity index is 898. The topological polar surface area (TPSA) is 112 Å². The van der Waals surface area contributed by atoms with Gasteiger partial charge in [0, 0.05) is 11.3 Å². The molecular formula is C15H17N7OS. The van der Waals surface area contributed by atoms with E-state index in [1.807, 2.05) is 5.38 Å². The van der Waals surface area contributed by atoms with Crippen LogP contribution < -0.4 is 11.1 Å². The molecular weight excluding hydrogens is 326 g/mol. The van der Waals surface area contributed by atoms with Gasteiger partial charge in [0.05, 0.1) is 12.0 Å². The van der Waals surface area contributed by atoms with Gasteiger partial charge in [-0.15, -0.1) is 11.3 Å². The molecule has 1 fully saturated rings. The third kappa shape index (κ3) is 2.50. The molecule has 1 saturated carbocycles. The molecule has 3 N–H and O–H groups in total. The number of hydrogen-bond donors (Lipinski definition) is 2. The van der Waals surface area contributed by atoms with Crippen molar-refractivity contribution in [2.45, 2.75) is 38.1 Å². The molecule has 8 nitrogen and oxygen atoms in total. The van der Waals surface area contributed by atoms with Crippen LogP contribution in [0, 0.1) is 0 Å². The highest BCUT2D eigenvalue weighted by atomic mass is 32.1. The van der Waals surface area contributed by atoms with Gasteiger partial charge in [-0.1, -0.05) is 6.42 Å². The van der Waals surface area contributed by atoms with E-state index in [4.69, 9.17) is 5.73 Å². The van der Waals surface area contributed by atoms with Crippen LogP contribution in [0.15, 0.2) is 18.0 Å². The number of fused-ring (bicyclic) bond motifs is 1. The molecule has 0 spiro atoms. The minimum Gasteiger partial charge on any atom is -0.382 e. The molecule has 1 aliphatic rings. The Kier molecular flexibility index (Phi) is 3.64. The number of aromatic nitrogens is 5. The summed E-state index contributed by atoms with van der Waals surface area (Å²) in [6.07, 6.45) is 6.57. The fourth-order valence-corrected chi connectivity index (χ4v) is 3.52. The molecule has 4 rings (SSSR count). The first-order valence-corrected chi connectivity index (χ1v) is 8.70. The number of imidazole rings is 1. The van der Waals surface area contributed by atoms with E-state index in [0.29, 0.717) is 28.0 Å². The number of hydrogen-bond acceptors (Lipinski definition) is 7. The van der Waals surface area contributed by atoms with Crippen LogP contribution in [0.25, 0.3) is 11.2 Å². The molecule has 0 bridgehead atoms. The van der Waals surface area contributed by atoms with Gasteiger partial charge in [-0.2, -0.15) is 0 Å². The predicted octanol–water partition coefficient (Wildman–Crippen LogP) is 2.33. The SMILES string of the molecule is CC(C(=O)Nc1nc(C2CCC2)cs1)n1cnc2c(N)ncnc21. The van der Waals surface area contributed by atoms with Crippen molar-refractivity contribution in [3.63, 3.8) is 0 Å². The lowest BCUT2D eigenvalue weighted by Crippen LogP contribution is -2.23. The van der Waals surface area contributed by atoms with Crippen LogP contribution >= 0.6 is 11.3 Å². The molecule has 24 heavy (non-hydrogen) atoms. The Morgan fingerprint density at radius 1 is 1.42 bits per heavy atom. The molecule has 0 saturated heterocycles. The number of rotatable bonds is 4. The molecule has 1 amide bonds. The van der Waals surface area contributed by atoms with E-state index in [9.17, 15) is 4.79 Å². The van der Waals surface area contributed by atoms with Gasteiger partial charge in [-0.25, -0.2) is 19.9 Å². The maximum absolute atomic E-state index is 12.5. The fraction of sp³-hybridized carbons (Fsp3) is 0.400. The molecule has 1 atom stereocenters. The molecule has 3 heterocycles. The van der Waals surface area contributed by atoms with Crippen LogP contribution in [-0.2, 0) is 4.79 Å². The lowest BCUT2D eigenvalue weighted by molar-refractivity contribution is -0.118. The third-order valence-electron chi connectivity index (χ3n) is 4.46. The first-order valence-electron chi connectivity index (χ1n) is 7.83. The van der Waals surface area contributed by atoms with Crippen molar-refractivity contribution in [2.75, 3.05) is 11.1 Å². The average molecular weight is 343 g/mol. The van der Waals surface area contributed by atoms with Crippen LogP contribution in [0.3, 0.4) is 0 Å². The molecule has 1 aliphatic carbocycles. The molecule has 0 aliphatic heterocycles. The van der Waals surface area contributed by atoms with Crippen LogP contribution in [0.4, 0.5) is 10.9 Å². The quantitative estimate of drug-likeness (QED) is 0.752. The van der Waals surface area contributed by atoms with E-state index >= 15 is 0 Å². The predicted molar refractivity (Wildman–Crippen MR) is 91.8 cm³/mol. The van der Waals surface area contributed by atoms with Gasteiger partial charge in [-0.3, -0.25) is 4.79 Å². The van der Waals surface area contributed by atoms with Gasteiger partial charge in [0.25, 0.3) is 0 Å². The number of anilines is 2. The van der Waals surface area contributed by atoms with Crippen molar-refractivity contribution >= 4 is 39.4 Å². The molecule has 0 aromatic carbocycles. The van der Waals surface area contributed by atoms with Crippen molar-refractivity contribution in [3.05, 3.63) is 23.7 Å². The number of nitrogens with one attached hydrogen (secondary N) is 1. The summed E-state index contributed by atoms with van der Waals surface area (Å²) < 4.78 is 1.68. The minimum absolute atomic E-state index is 0.166. The zero-order chi connectivity index (χ0) is 16.7. The summed E-state index contributed by atoms with van der Waals surface area (Å²) in [7, 11) is 0. The van der Waals surface area contributed by atoms with E-state index in [1.54, 1.807) is 17.8 Å². The number of amides is 1. The van der Waals surface area contributed by atoms with Gasteiger partial charge >= 0.3 is 0 Å². The summed E-state index contributed by atoms with van der Waals surface area (Å²) in [6.45, 7) is 1.79. The summed E-state index contributed by atoms with van der Waals surface area (Å²) in [5.41, 5.74) is 7.91. The maximum Gasteiger partial charge on any atom is 0.249 e. The Balaban J connectivity index is 1.52. The molecule has 3 aromatic heterocycles. The maximum atomic E-state index is 12.5. The van der Waals surface area contributed by atoms with Crippen LogP contribution in [0.2, 0.25) is 0 Å². The van der Waals surface area contributed by atoms with Gasteiger partial charge in [0.2, 0.25) is 5.91 Å². The van der Waals surface area contributed by atoms with E-state index in [0.717, 1.165) is 5.69 Å². The van der Waals surface area contributed by atoms with Gasteiger partial charge in [0.1, 0.15) is 17.9 Å². The number of nitrogen functional groups attached to an aromatic ring is 1. The van der Waals surface area contributed by atoms with Gasteiger partial charge in [-0.05, 0) is 19.8 Å². The number of nitrogens with zero attached hydrogens (tertiary/aromatic N) is 5. The second-order valence-corrected chi connectivity index (χ2v) is 6.81. The van der Waals surface area contributed by atoms with Crippen molar-refractivity contribution < 1.29 is 4.79 Å². The summed E-state index contributed by atoms with van der Waals surface area (Å²) in [5, 5.41) is 5.54. The average Bonchev–Trinajstić information content (AvgIpc) is 3.13. The molecule has 9 heteroatoms. The summed E-state index contributed by atoms with van der Waals surface area (Å²) in [6, 6.07) is -0.486. The lowest BCUT2D eigenvalue weighted by Gasteiger charge is -2.22. The van der Waals surface area contributed by atoms with E-state index in [-0.39, 0.29) is 5.91 Å². The molecule has 124 valence electrons. The van der Waals surface area contributed by atoms with Crippen molar-refractivity contribution in [1.82, 2.24) is 24.5 Å². The van der Waals surface area contributed by atoms with Crippen molar-refractivity contribution in [2.24, 2.45) is 0 Å². The first-order chi connectivity index (χ1) is 11.6. The summed E-state index contributed by atoms with van der Waals surface area (Å²) in [4.78, 5) is 29.3. The highest BCUT2D eigenvalue weighted by Gasteiger charge is 2.24. The lowest BCUT2D eigenvalue weighted by atomic mass is 9.83. The number of carbonyl (C=O) groups is 1. The minimum atomic E-state index is -0.486. The van der Waals surface area contributed by atoms with E-state index in [2.05, 4.69) is 25.3 Å². The molecule has 3 aromatic rings. The van der Waals surface area contributed by atoms with Crippen molar-refractivity contribution in [3.8, 4) is 0 Å². The van der Waals surface area contributed by atoms with E-state index in [1.165, 1.54) is 36.9 Å². The zero-order valence-corrected chi connectivity index (χ0v) is 14.0. The number of carbonyl (C=O) groups excluding carboxylic acids is 1. The normalized spacial score (nSPS) is 16.0. The van der Waals surface area contributed by atoms with Crippen LogP contribution in [-0.4, -0.2) is 30.4 Å². The van der Waals surface area contributed by atoms with Crippen LogP contribution in [0.5, 0.6) is 0 Å². The van der Waals surface area contributed by atoms with E-state index < -0.39 is 6.04 Å². The Morgan fingerprint density at radius 3 is 3.00 bits per heavy atom. The molecule has 0 radical (unpaired) electrons. The number of thiazole rings is 1. The largest absolute Gasteiger partial charge is 0.382 e. The Hall–Kier alpha value is -2.55. The smallest absolute Gasteiger partial charge is 0.249 e. The zero-order valence-electron chi connectivity index (χ0n) is 13.1. The summed E-state index contributed by atoms with van der Waals surface area (Å²) in [5.74, 6) is 0.694. The fourth-order valence-electron chi connectivity index (χ4n) is 2.72. The standard InChI is InChI=1S/C15H17N7OS/c1-8(22-7-19-11-12(16)17-6-18-13(11)22)14(23)21-15-20-10(5-24-15)9-3-2-4-9/h5-9H,2-4H2,1H3,(H2,16,17,18)(H,20,21,23). The van der Waals surface area contributed by atoms with Crippen molar-refractivity contribution in [1.29, 1.82) is 0 Å². The molecule has 1 unspecified atom stereocenters. The highest BCUT2D eigenvalue weighted by Crippen LogP contribution is 2.37. The Morgan fingerprint density at radius 2 is 2.25 bits per heavy atom. The van der Waals surface area contributed by atoms with Crippen LogP contribution in [0.1, 0.15) is 43.8 Å². The number of nitrogens with two attached hydrogens (primary N) is 1. The Labute approximate surface area is 142 Å². The van der Waals surface area contributed by atoms with Gasteiger partial charge in [0.15, 0.2) is 16.6 Å².